The Morgan fingerprint density at radius 2 is 2.10 bits per heavy atom. The molecule has 2 rings (SSSR count). The summed E-state index contributed by atoms with van der Waals surface area (Å²) in [4.78, 5) is 11.5. The maximum Gasteiger partial charge on any atom is 0.243 e. The Morgan fingerprint density at radius 3 is 2.75 bits per heavy atom. The molecule has 20 heavy (non-hydrogen) atoms. The molecule has 1 aromatic rings. The normalized spacial score (nSPS) is 14.3. The molecule has 1 N–H and O–H groups in total. The fourth-order valence-corrected chi connectivity index (χ4v) is 1.76. The Balaban J connectivity index is 2.04. The molecular formula is C15H20N2O3. The van der Waals surface area contributed by atoms with E-state index in [9.17, 15) is 4.79 Å². The molecule has 1 fully saturated rings. The van der Waals surface area contributed by atoms with Gasteiger partial charge < -0.3 is 9.47 Å². The van der Waals surface area contributed by atoms with Gasteiger partial charge in [0.15, 0.2) is 0 Å². The molecule has 1 amide bonds. The molecule has 0 heterocycles. The van der Waals surface area contributed by atoms with Crippen molar-refractivity contribution in [2.75, 3.05) is 13.2 Å². The summed E-state index contributed by atoms with van der Waals surface area (Å²) in [6.07, 6.45) is 3.53. The van der Waals surface area contributed by atoms with Crippen LogP contribution in [0.4, 0.5) is 0 Å². The van der Waals surface area contributed by atoms with Crippen molar-refractivity contribution >= 4 is 12.1 Å². The van der Waals surface area contributed by atoms with E-state index in [2.05, 4.69) is 10.5 Å². The second kappa shape index (κ2) is 6.93. The van der Waals surface area contributed by atoms with E-state index in [1.54, 1.807) is 6.21 Å². The summed E-state index contributed by atoms with van der Waals surface area (Å²) in [5.41, 5.74) is 3.36. The fourth-order valence-electron chi connectivity index (χ4n) is 1.76. The first-order chi connectivity index (χ1) is 9.74. The van der Waals surface area contributed by atoms with Crippen molar-refractivity contribution in [2.24, 2.45) is 11.0 Å². The second-order valence-electron chi connectivity index (χ2n) is 4.57. The number of ether oxygens (including phenoxy) is 2. The van der Waals surface area contributed by atoms with Crippen molar-refractivity contribution in [2.45, 2.75) is 26.7 Å². The number of hydrogen-bond donors (Lipinski definition) is 1. The molecule has 1 saturated carbocycles. The Hall–Kier alpha value is -2.04. The van der Waals surface area contributed by atoms with Crippen molar-refractivity contribution in [1.29, 1.82) is 0 Å². The van der Waals surface area contributed by atoms with Gasteiger partial charge in [-0.05, 0) is 38.8 Å². The van der Waals surface area contributed by atoms with E-state index in [-0.39, 0.29) is 11.8 Å². The summed E-state index contributed by atoms with van der Waals surface area (Å²) in [5.74, 6) is 1.60. The highest BCUT2D eigenvalue weighted by molar-refractivity contribution is 5.86. The van der Waals surface area contributed by atoms with E-state index < -0.39 is 0 Å². The molecular weight excluding hydrogens is 256 g/mol. The molecule has 1 aliphatic carbocycles. The quantitative estimate of drug-likeness (QED) is 0.614. The number of carbonyl (C=O) groups excluding carboxylic acids is 1. The zero-order valence-electron chi connectivity index (χ0n) is 11.9. The minimum Gasteiger partial charge on any atom is -0.494 e. The average molecular weight is 276 g/mol. The summed E-state index contributed by atoms with van der Waals surface area (Å²) in [6, 6.07) is 5.55. The Kier molecular flexibility index (Phi) is 4.98. The predicted molar refractivity (Wildman–Crippen MR) is 77.2 cm³/mol. The molecule has 0 bridgehead atoms. The van der Waals surface area contributed by atoms with Crippen LogP contribution in [0.3, 0.4) is 0 Å². The van der Waals surface area contributed by atoms with Crippen LogP contribution in [0.1, 0.15) is 32.3 Å². The zero-order valence-corrected chi connectivity index (χ0v) is 11.9. The molecule has 0 unspecified atom stereocenters. The van der Waals surface area contributed by atoms with E-state index in [4.69, 9.17) is 9.47 Å². The van der Waals surface area contributed by atoms with E-state index >= 15 is 0 Å². The summed E-state index contributed by atoms with van der Waals surface area (Å²) >= 11 is 0. The summed E-state index contributed by atoms with van der Waals surface area (Å²) in [6.45, 7) is 5.02. The van der Waals surface area contributed by atoms with Crippen LogP contribution in [0.2, 0.25) is 0 Å². The van der Waals surface area contributed by atoms with Gasteiger partial charge in [0.2, 0.25) is 5.91 Å². The highest BCUT2D eigenvalue weighted by atomic mass is 16.5. The first kappa shape index (κ1) is 14.4. The van der Waals surface area contributed by atoms with Crippen molar-refractivity contribution in [1.82, 2.24) is 5.43 Å². The number of hydrogen-bond acceptors (Lipinski definition) is 4. The molecule has 1 aromatic carbocycles. The number of hydrazone groups is 1. The van der Waals surface area contributed by atoms with Gasteiger partial charge >= 0.3 is 0 Å². The molecule has 0 saturated heterocycles. The molecule has 0 atom stereocenters. The molecule has 0 spiro atoms. The lowest BCUT2D eigenvalue weighted by molar-refractivity contribution is -0.122. The summed E-state index contributed by atoms with van der Waals surface area (Å²) in [5, 5.41) is 3.98. The van der Waals surface area contributed by atoms with Gasteiger partial charge in [-0.3, -0.25) is 4.79 Å². The van der Waals surface area contributed by atoms with Gasteiger partial charge in [0, 0.05) is 17.5 Å². The highest BCUT2D eigenvalue weighted by Gasteiger charge is 2.29. The number of nitrogens with zero attached hydrogens (tertiary/aromatic N) is 1. The topological polar surface area (TPSA) is 59.9 Å². The van der Waals surface area contributed by atoms with Gasteiger partial charge in [0.05, 0.1) is 19.4 Å². The maximum atomic E-state index is 11.5. The largest absolute Gasteiger partial charge is 0.494 e. The van der Waals surface area contributed by atoms with Gasteiger partial charge in [0.1, 0.15) is 11.5 Å². The number of carbonyl (C=O) groups is 1. The van der Waals surface area contributed by atoms with E-state index in [0.29, 0.717) is 19.0 Å². The summed E-state index contributed by atoms with van der Waals surface area (Å²) < 4.78 is 11.0. The minimum absolute atomic E-state index is 0.00912. The SMILES string of the molecule is CCOc1ccc(/C=N/NC(=O)C2CC2)c(OCC)c1. The van der Waals surface area contributed by atoms with Crippen LogP contribution in [0.25, 0.3) is 0 Å². The third-order valence-corrected chi connectivity index (χ3v) is 2.92. The van der Waals surface area contributed by atoms with Crippen molar-refractivity contribution in [3.8, 4) is 11.5 Å². The average Bonchev–Trinajstić information content (AvgIpc) is 3.26. The highest BCUT2D eigenvalue weighted by Crippen LogP contribution is 2.28. The van der Waals surface area contributed by atoms with Gasteiger partial charge in [-0.1, -0.05) is 0 Å². The van der Waals surface area contributed by atoms with Crippen molar-refractivity contribution in [3.05, 3.63) is 23.8 Å². The molecule has 5 nitrogen and oxygen atoms in total. The van der Waals surface area contributed by atoms with Crippen molar-refractivity contribution < 1.29 is 14.3 Å². The first-order valence-corrected chi connectivity index (χ1v) is 6.97. The Bertz CT molecular complexity index is 496. The number of benzene rings is 1. The molecule has 0 radical (unpaired) electrons. The molecule has 0 aromatic heterocycles. The monoisotopic (exact) mass is 276 g/mol. The lowest BCUT2D eigenvalue weighted by Gasteiger charge is -2.09. The van der Waals surface area contributed by atoms with Crippen LogP contribution in [0, 0.1) is 5.92 Å². The molecule has 5 heteroatoms. The minimum atomic E-state index is -0.00912. The van der Waals surface area contributed by atoms with Crippen LogP contribution < -0.4 is 14.9 Å². The van der Waals surface area contributed by atoms with Crippen molar-refractivity contribution in [3.63, 3.8) is 0 Å². The lowest BCUT2D eigenvalue weighted by atomic mass is 10.2. The van der Waals surface area contributed by atoms with Crippen LogP contribution in [-0.2, 0) is 4.79 Å². The Morgan fingerprint density at radius 1 is 1.35 bits per heavy atom. The van der Waals surface area contributed by atoms with Gasteiger partial charge in [-0.15, -0.1) is 0 Å². The standard InChI is InChI=1S/C15H20N2O3/c1-3-19-13-8-7-12(14(9-13)20-4-2)10-16-17-15(18)11-5-6-11/h7-11H,3-6H2,1-2H3,(H,17,18)/b16-10+. The van der Waals surface area contributed by atoms with Crippen LogP contribution in [0.5, 0.6) is 11.5 Å². The van der Waals surface area contributed by atoms with Crippen LogP contribution >= 0.6 is 0 Å². The maximum absolute atomic E-state index is 11.5. The molecule has 1 aliphatic rings. The van der Waals surface area contributed by atoms with Gasteiger partial charge in [-0.25, -0.2) is 5.43 Å². The third-order valence-electron chi connectivity index (χ3n) is 2.92. The second-order valence-corrected chi connectivity index (χ2v) is 4.57. The molecule has 0 aliphatic heterocycles. The Labute approximate surface area is 119 Å². The van der Waals surface area contributed by atoms with E-state index in [1.807, 2.05) is 32.0 Å². The fraction of sp³-hybridized carbons (Fsp3) is 0.467. The van der Waals surface area contributed by atoms with Gasteiger partial charge in [0.25, 0.3) is 0 Å². The first-order valence-electron chi connectivity index (χ1n) is 6.97. The summed E-state index contributed by atoms with van der Waals surface area (Å²) in [7, 11) is 0. The van der Waals surface area contributed by atoms with E-state index in [0.717, 1.165) is 24.2 Å². The zero-order chi connectivity index (χ0) is 14.4. The third kappa shape index (κ3) is 3.98. The van der Waals surface area contributed by atoms with E-state index in [1.165, 1.54) is 0 Å². The number of nitrogens with one attached hydrogen (secondary N) is 1. The number of rotatable bonds is 7. The van der Waals surface area contributed by atoms with Gasteiger partial charge in [-0.2, -0.15) is 5.10 Å². The van der Waals surface area contributed by atoms with Crippen LogP contribution in [-0.4, -0.2) is 25.3 Å². The predicted octanol–water partition coefficient (Wildman–Crippen LogP) is 2.34. The number of amides is 1. The lowest BCUT2D eigenvalue weighted by Crippen LogP contribution is -2.19. The van der Waals surface area contributed by atoms with Crippen LogP contribution in [0.15, 0.2) is 23.3 Å². The molecule has 108 valence electrons. The smallest absolute Gasteiger partial charge is 0.243 e.